The third-order valence-electron chi connectivity index (χ3n) is 4.11. The predicted molar refractivity (Wildman–Crippen MR) is 106 cm³/mol. The minimum absolute atomic E-state index is 0.203. The molecule has 0 fully saturated rings. The van der Waals surface area contributed by atoms with Crippen LogP contribution in [-0.4, -0.2) is 19.7 Å². The molecule has 0 saturated carbocycles. The molecule has 4 nitrogen and oxygen atoms in total. The summed E-state index contributed by atoms with van der Waals surface area (Å²) in [6.07, 6.45) is 0.768. The molecule has 3 aromatic carbocycles. The van der Waals surface area contributed by atoms with Crippen molar-refractivity contribution < 1.29 is 9.53 Å². The molecule has 0 radical (unpaired) electrons. The molecule has 0 heterocycles. The number of hydrogen-bond donors (Lipinski definition) is 2. The lowest BCUT2D eigenvalue weighted by atomic mass is 10.1. The summed E-state index contributed by atoms with van der Waals surface area (Å²) in [7, 11) is 1.65. The standard InChI is InChI=1S/C22H22N2O2/c1-26-21-13-7-17(8-14-21)15-16-23-22(25)24-20-11-9-19(10-12-20)18-5-3-2-4-6-18/h2-14H,15-16H2,1H3,(H2,23,24,25). The molecule has 3 aromatic rings. The lowest BCUT2D eigenvalue weighted by Gasteiger charge is -2.09. The molecule has 2 amide bonds. The molecule has 0 aliphatic heterocycles. The number of benzene rings is 3. The van der Waals surface area contributed by atoms with E-state index in [0.717, 1.165) is 34.5 Å². The Kier molecular flexibility index (Phi) is 5.88. The molecular weight excluding hydrogens is 324 g/mol. The Labute approximate surface area is 153 Å². The van der Waals surface area contributed by atoms with Gasteiger partial charge in [-0.2, -0.15) is 0 Å². The third-order valence-corrected chi connectivity index (χ3v) is 4.11. The van der Waals surface area contributed by atoms with Crippen LogP contribution in [0.1, 0.15) is 5.56 Å². The highest BCUT2D eigenvalue weighted by molar-refractivity contribution is 5.89. The summed E-state index contributed by atoms with van der Waals surface area (Å²) < 4.78 is 5.14. The van der Waals surface area contributed by atoms with Gasteiger partial charge in [0, 0.05) is 12.2 Å². The van der Waals surface area contributed by atoms with Crippen LogP contribution in [0.3, 0.4) is 0 Å². The van der Waals surface area contributed by atoms with E-state index in [1.807, 2.05) is 66.7 Å². The Morgan fingerprint density at radius 2 is 1.50 bits per heavy atom. The van der Waals surface area contributed by atoms with Crippen LogP contribution in [0.2, 0.25) is 0 Å². The van der Waals surface area contributed by atoms with Crippen molar-refractivity contribution in [1.82, 2.24) is 5.32 Å². The van der Waals surface area contributed by atoms with Gasteiger partial charge in [-0.1, -0.05) is 54.6 Å². The molecule has 0 aliphatic rings. The van der Waals surface area contributed by atoms with Crippen LogP contribution in [0.4, 0.5) is 10.5 Å². The number of methoxy groups -OCH3 is 1. The maximum atomic E-state index is 12.0. The van der Waals surface area contributed by atoms with Crippen LogP contribution >= 0.6 is 0 Å². The first-order chi connectivity index (χ1) is 12.7. The van der Waals surface area contributed by atoms with E-state index in [4.69, 9.17) is 4.74 Å². The number of nitrogens with one attached hydrogen (secondary N) is 2. The van der Waals surface area contributed by atoms with Crippen molar-refractivity contribution in [2.45, 2.75) is 6.42 Å². The van der Waals surface area contributed by atoms with Crippen molar-refractivity contribution in [3.05, 3.63) is 84.4 Å². The van der Waals surface area contributed by atoms with Gasteiger partial charge in [0.15, 0.2) is 0 Å². The van der Waals surface area contributed by atoms with Crippen LogP contribution in [0.15, 0.2) is 78.9 Å². The van der Waals surface area contributed by atoms with Gasteiger partial charge in [0.25, 0.3) is 0 Å². The highest BCUT2D eigenvalue weighted by atomic mass is 16.5. The SMILES string of the molecule is COc1ccc(CCNC(=O)Nc2ccc(-c3ccccc3)cc2)cc1. The first-order valence-corrected chi connectivity index (χ1v) is 8.58. The number of carbonyl (C=O) groups is 1. The van der Waals surface area contributed by atoms with E-state index in [-0.39, 0.29) is 6.03 Å². The van der Waals surface area contributed by atoms with E-state index in [9.17, 15) is 4.79 Å². The fourth-order valence-electron chi connectivity index (χ4n) is 2.66. The molecule has 0 saturated heterocycles. The van der Waals surface area contributed by atoms with E-state index in [1.165, 1.54) is 0 Å². The second-order valence-electron chi connectivity index (χ2n) is 5.92. The Balaban J connectivity index is 1.47. The molecule has 0 unspecified atom stereocenters. The van der Waals surface area contributed by atoms with Crippen LogP contribution < -0.4 is 15.4 Å². The van der Waals surface area contributed by atoms with Gasteiger partial charge in [-0.05, 0) is 47.4 Å². The van der Waals surface area contributed by atoms with Crippen molar-refractivity contribution in [1.29, 1.82) is 0 Å². The number of anilines is 1. The number of hydrogen-bond acceptors (Lipinski definition) is 2. The second-order valence-corrected chi connectivity index (χ2v) is 5.92. The largest absolute Gasteiger partial charge is 0.497 e. The molecule has 2 N–H and O–H groups in total. The molecule has 0 spiro atoms. The molecule has 3 rings (SSSR count). The number of rotatable bonds is 6. The van der Waals surface area contributed by atoms with Gasteiger partial charge in [-0.3, -0.25) is 0 Å². The number of amides is 2. The van der Waals surface area contributed by atoms with Gasteiger partial charge in [0.1, 0.15) is 5.75 Å². The van der Waals surface area contributed by atoms with Crippen LogP contribution in [-0.2, 0) is 6.42 Å². The van der Waals surface area contributed by atoms with Crippen molar-refractivity contribution >= 4 is 11.7 Å². The number of carbonyl (C=O) groups excluding carboxylic acids is 1. The predicted octanol–water partition coefficient (Wildman–Crippen LogP) is 4.73. The Hall–Kier alpha value is -3.27. The highest BCUT2D eigenvalue weighted by Crippen LogP contribution is 2.20. The minimum atomic E-state index is -0.203. The first-order valence-electron chi connectivity index (χ1n) is 8.58. The average Bonchev–Trinajstić information content (AvgIpc) is 2.70. The maximum absolute atomic E-state index is 12.0. The lowest BCUT2D eigenvalue weighted by molar-refractivity contribution is 0.252. The lowest BCUT2D eigenvalue weighted by Crippen LogP contribution is -2.30. The zero-order chi connectivity index (χ0) is 18.2. The van der Waals surface area contributed by atoms with Gasteiger partial charge in [-0.15, -0.1) is 0 Å². The molecule has 0 aliphatic carbocycles. The van der Waals surface area contributed by atoms with E-state index in [1.54, 1.807) is 7.11 Å². The molecule has 0 atom stereocenters. The Bertz CT molecular complexity index is 828. The van der Waals surface area contributed by atoms with Crippen molar-refractivity contribution in [2.24, 2.45) is 0 Å². The number of urea groups is 1. The third kappa shape index (κ3) is 4.86. The molecule has 0 bridgehead atoms. The van der Waals surface area contributed by atoms with Gasteiger partial charge >= 0.3 is 6.03 Å². The van der Waals surface area contributed by atoms with Crippen LogP contribution in [0, 0.1) is 0 Å². The molecule has 26 heavy (non-hydrogen) atoms. The van der Waals surface area contributed by atoms with Crippen molar-refractivity contribution in [3.8, 4) is 16.9 Å². The van der Waals surface area contributed by atoms with Gasteiger partial charge in [-0.25, -0.2) is 4.79 Å². The van der Waals surface area contributed by atoms with Crippen molar-refractivity contribution in [2.75, 3.05) is 19.0 Å². The van der Waals surface area contributed by atoms with Crippen molar-refractivity contribution in [3.63, 3.8) is 0 Å². The highest BCUT2D eigenvalue weighted by Gasteiger charge is 2.03. The van der Waals surface area contributed by atoms with E-state index < -0.39 is 0 Å². The summed E-state index contributed by atoms with van der Waals surface area (Å²) in [5.41, 5.74) is 4.20. The second kappa shape index (κ2) is 8.72. The summed E-state index contributed by atoms with van der Waals surface area (Å²) in [6, 6.07) is 25.6. The van der Waals surface area contributed by atoms with E-state index in [2.05, 4.69) is 22.8 Å². The minimum Gasteiger partial charge on any atom is -0.497 e. The zero-order valence-electron chi connectivity index (χ0n) is 14.7. The molecule has 0 aromatic heterocycles. The van der Waals surface area contributed by atoms with Crippen LogP contribution in [0.5, 0.6) is 5.75 Å². The molecule has 132 valence electrons. The average molecular weight is 346 g/mol. The van der Waals surface area contributed by atoms with Crippen LogP contribution in [0.25, 0.3) is 11.1 Å². The Morgan fingerprint density at radius 1 is 0.846 bits per heavy atom. The monoisotopic (exact) mass is 346 g/mol. The first kappa shape index (κ1) is 17.5. The zero-order valence-corrected chi connectivity index (χ0v) is 14.7. The van der Waals surface area contributed by atoms with Gasteiger partial charge in [0.05, 0.1) is 7.11 Å². The maximum Gasteiger partial charge on any atom is 0.319 e. The fourth-order valence-corrected chi connectivity index (χ4v) is 2.66. The fraction of sp³-hybridized carbons (Fsp3) is 0.136. The quantitative estimate of drug-likeness (QED) is 0.678. The summed E-state index contributed by atoms with van der Waals surface area (Å²) >= 11 is 0. The summed E-state index contributed by atoms with van der Waals surface area (Å²) in [6.45, 7) is 0.570. The normalized spacial score (nSPS) is 10.2. The summed E-state index contributed by atoms with van der Waals surface area (Å²) in [5, 5.41) is 5.73. The van der Waals surface area contributed by atoms with E-state index >= 15 is 0 Å². The van der Waals surface area contributed by atoms with E-state index in [0.29, 0.717) is 6.54 Å². The molecular formula is C22H22N2O2. The Morgan fingerprint density at radius 3 is 2.15 bits per heavy atom. The summed E-state index contributed by atoms with van der Waals surface area (Å²) in [4.78, 5) is 12.0. The smallest absolute Gasteiger partial charge is 0.319 e. The number of ether oxygens (including phenoxy) is 1. The summed E-state index contributed by atoms with van der Waals surface area (Å²) in [5.74, 6) is 0.832. The molecule has 4 heteroatoms. The van der Waals surface area contributed by atoms with Gasteiger partial charge < -0.3 is 15.4 Å². The topological polar surface area (TPSA) is 50.4 Å². The van der Waals surface area contributed by atoms with Gasteiger partial charge in [0.2, 0.25) is 0 Å².